The largest absolute Gasteiger partial charge is 0.379 e. The van der Waals surface area contributed by atoms with E-state index in [1.807, 2.05) is 6.07 Å². The Balaban J connectivity index is 2.10. The highest BCUT2D eigenvalue weighted by atomic mass is 32.2. The number of hydrogen-bond donors (Lipinski definition) is 1. The third-order valence-electron chi connectivity index (χ3n) is 4.89. The average molecular weight is 369 g/mol. The molecule has 1 aromatic carbocycles. The van der Waals surface area contributed by atoms with Crippen LogP contribution >= 0.6 is 0 Å². The van der Waals surface area contributed by atoms with Crippen molar-refractivity contribution >= 4 is 10.0 Å². The van der Waals surface area contributed by atoms with E-state index in [2.05, 4.69) is 41.7 Å². The Morgan fingerprint density at radius 2 is 2.00 bits per heavy atom. The Labute approximate surface area is 152 Å². The molecule has 2 rings (SSSR count). The Hall–Kier alpha value is -0.950. The van der Waals surface area contributed by atoms with Gasteiger partial charge in [0.15, 0.2) is 0 Å². The van der Waals surface area contributed by atoms with E-state index in [0.717, 1.165) is 31.5 Å². The molecule has 0 saturated carbocycles. The number of rotatable bonds is 9. The van der Waals surface area contributed by atoms with E-state index in [0.29, 0.717) is 26.2 Å². The summed E-state index contributed by atoms with van der Waals surface area (Å²) in [6.45, 7) is 9.40. The van der Waals surface area contributed by atoms with E-state index in [4.69, 9.17) is 4.74 Å². The van der Waals surface area contributed by atoms with Gasteiger partial charge in [-0.2, -0.15) is 0 Å². The summed E-state index contributed by atoms with van der Waals surface area (Å²) in [5.41, 5.74) is 2.35. The molecule has 0 spiro atoms. The molecule has 1 heterocycles. The van der Waals surface area contributed by atoms with E-state index in [-0.39, 0.29) is 11.3 Å². The van der Waals surface area contributed by atoms with Crippen LogP contribution in [-0.4, -0.2) is 51.4 Å². The zero-order valence-electron chi connectivity index (χ0n) is 15.7. The second-order valence-corrected chi connectivity index (χ2v) is 9.11. The van der Waals surface area contributed by atoms with Crippen LogP contribution in [0, 0.1) is 6.92 Å². The number of ether oxygens (including phenoxy) is 1. The number of aryl methyl sites for hydroxylation is 1. The third kappa shape index (κ3) is 6.06. The van der Waals surface area contributed by atoms with Gasteiger partial charge in [0.25, 0.3) is 0 Å². The number of benzene rings is 1. The molecule has 0 aromatic heterocycles. The van der Waals surface area contributed by atoms with Gasteiger partial charge in [-0.1, -0.05) is 49.6 Å². The summed E-state index contributed by atoms with van der Waals surface area (Å²) >= 11 is 0. The maximum atomic E-state index is 12.6. The van der Waals surface area contributed by atoms with E-state index >= 15 is 0 Å². The molecule has 1 aromatic rings. The molecule has 1 N–H and O–H groups in total. The monoisotopic (exact) mass is 368 g/mol. The molecule has 25 heavy (non-hydrogen) atoms. The van der Waals surface area contributed by atoms with Crippen LogP contribution in [0.4, 0.5) is 0 Å². The van der Waals surface area contributed by atoms with Crippen LogP contribution in [0.5, 0.6) is 0 Å². The lowest BCUT2D eigenvalue weighted by molar-refractivity contribution is 0.0172. The molecular formula is C19H32N2O3S. The number of morpholine rings is 1. The van der Waals surface area contributed by atoms with Crippen LogP contribution in [0.15, 0.2) is 24.3 Å². The summed E-state index contributed by atoms with van der Waals surface area (Å²) < 4.78 is 33.5. The number of nitrogens with zero attached hydrogens (tertiary/aromatic N) is 1. The summed E-state index contributed by atoms with van der Waals surface area (Å²) in [7, 11) is -3.29. The third-order valence-corrected chi connectivity index (χ3v) is 6.75. The van der Waals surface area contributed by atoms with Crippen molar-refractivity contribution in [3.8, 4) is 0 Å². The molecule has 6 heteroatoms. The van der Waals surface area contributed by atoms with Crippen molar-refractivity contribution in [1.29, 1.82) is 0 Å². The van der Waals surface area contributed by atoms with E-state index in [1.54, 1.807) is 6.92 Å². The predicted molar refractivity (Wildman–Crippen MR) is 102 cm³/mol. The summed E-state index contributed by atoms with van der Waals surface area (Å²) in [4.78, 5) is 2.32. The van der Waals surface area contributed by atoms with Gasteiger partial charge in [-0.3, -0.25) is 4.90 Å². The Bertz CT molecular complexity index is 627. The first-order chi connectivity index (χ1) is 11.9. The van der Waals surface area contributed by atoms with Crippen molar-refractivity contribution in [1.82, 2.24) is 9.62 Å². The minimum absolute atomic E-state index is 0.0388. The lowest BCUT2D eigenvalue weighted by Gasteiger charge is -2.35. The summed E-state index contributed by atoms with van der Waals surface area (Å²) in [6.07, 6.45) is 2.66. The van der Waals surface area contributed by atoms with Crippen molar-refractivity contribution in [2.75, 3.05) is 32.8 Å². The highest BCUT2D eigenvalue weighted by Crippen LogP contribution is 2.23. The Morgan fingerprint density at radius 3 is 2.64 bits per heavy atom. The van der Waals surface area contributed by atoms with E-state index < -0.39 is 10.0 Å². The minimum atomic E-state index is -3.29. The van der Waals surface area contributed by atoms with Gasteiger partial charge in [0.2, 0.25) is 10.0 Å². The van der Waals surface area contributed by atoms with Crippen LogP contribution in [0.25, 0.3) is 0 Å². The van der Waals surface area contributed by atoms with Crippen LogP contribution in [0.1, 0.15) is 50.3 Å². The zero-order valence-corrected chi connectivity index (χ0v) is 16.5. The number of hydrogen-bond acceptors (Lipinski definition) is 4. The molecule has 0 radical (unpaired) electrons. The van der Waals surface area contributed by atoms with E-state index in [9.17, 15) is 8.42 Å². The highest BCUT2D eigenvalue weighted by Gasteiger charge is 2.26. The first kappa shape index (κ1) is 20.4. The molecule has 2 atom stereocenters. The first-order valence-corrected chi connectivity index (χ1v) is 10.9. The van der Waals surface area contributed by atoms with Gasteiger partial charge in [0.05, 0.1) is 18.5 Å². The molecule has 0 bridgehead atoms. The summed E-state index contributed by atoms with van der Waals surface area (Å²) in [5.74, 6) is 0. The van der Waals surface area contributed by atoms with Crippen LogP contribution < -0.4 is 4.72 Å². The normalized spacial score (nSPS) is 18.8. The fourth-order valence-electron chi connectivity index (χ4n) is 3.21. The molecule has 1 saturated heterocycles. The van der Waals surface area contributed by atoms with Gasteiger partial charge in [-0.05, 0) is 25.8 Å². The lowest BCUT2D eigenvalue weighted by Crippen LogP contribution is -2.45. The maximum Gasteiger partial charge on any atom is 0.214 e. The molecule has 0 aliphatic carbocycles. The van der Waals surface area contributed by atoms with Gasteiger partial charge in [0, 0.05) is 25.7 Å². The number of sulfonamides is 1. The standard InChI is InChI=1S/C19H32N2O3S/c1-4-5-8-17(3)25(22,23)20-15-19(21-10-12-24-13-11-21)18-9-6-7-16(2)14-18/h6-7,9,14,17,19-20H,4-5,8,10-13,15H2,1-3H3. The van der Waals surface area contributed by atoms with Crippen molar-refractivity contribution in [2.24, 2.45) is 0 Å². The predicted octanol–water partition coefficient (Wildman–Crippen LogP) is 2.87. The fraction of sp³-hybridized carbons (Fsp3) is 0.684. The molecule has 1 fully saturated rings. The first-order valence-electron chi connectivity index (χ1n) is 9.31. The van der Waals surface area contributed by atoms with Gasteiger partial charge in [0.1, 0.15) is 0 Å². The topological polar surface area (TPSA) is 58.6 Å². The van der Waals surface area contributed by atoms with Gasteiger partial charge >= 0.3 is 0 Å². The number of unbranched alkanes of at least 4 members (excludes halogenated alkanes) is 1. The van der Waals surface area contributed by atoms with Gasteiger partial charge in [-0.25, -0.2) is 13.1 Å². The van der Waals surface area contributed by atoms with E-state index in [1.165, 1.54) is 5.56 Å². The van der Waals surface area contributed by atoms with Crippen molar-refractivity contribution < 1.29 is 13.2 Å². The molecule has 142 valence electrons. The smallest absolute Gasteiger partial charge is 0.214 e. The maximum absolute atomic E-state index is 12.6. The molecule has 5 nitrogen and oxygen atoms in total. The zero-order chi connectivity index (χ0) is 18.3. The molecule has 1 aliphatic heterocycles. The quantitative estimate of drug-likeness (QED) is 0.728. The van der Waals surface area contributed by atoms with Gasteiger partial charge in [-0.15, -0.1) is 0 Å². The van der Waals surface area contributed by atoms with Crippen LogP contribution in [0.3, 0.4) is 0 Å². The van der Waals surface area contributed by atoms with Crippen molar-refractivity contribution in [3.63, 3.8) is 0 Å². The van der Waals surface area contributed by atoms with Crippen LogP contribution in [0.2, 0.25) is 0 Å². The molecule has 0 amide bonds. The molecule has 1 aliphatic rings. The summed E-state index contributed by atoms with van der Waals surface area (Å²) in [5, 5.41) is -0.352. The second kappa shape index (κ2) is 9.67. The second-order valence-electron chi connectivity index (χ2n) is 6.92. The van der Waals surface area contributed by atoms with Gasteiger partial charge < -0.3 is 4.74 Å². The molecular weight excluding hydrogens is 336 g/mol. The lowest BCUT2D eigenvalue weighted by atomic mass is 10.0. The molecule has 2 unspecified atom stereocenters. The van der Waals surface area contributed by atoms with Crippen molar-refractivity contribution in [2.45, 2.75) is 51.3 Å². The minimum Gasteiger partial charge on any atom is -0.379 e. The Morgan fingerprint density at radius 1 is 1.28 bits per heavy atom. The summed E-state index contributed by atoms with van der Waals surface area (Å²) in [6, 6.07) is 8.38. The van der Waals surface area contributed by atoms with Crippen LogP contribution in [-0.2, 0) is 14.8 Å². The highest BCUT2D eigenvalue weighted by molar-refractivity contribution is 7.90. The SMILES string of the molecule is CCCCC(C)S(=O)(=O)NCC(c1cccc(C)c1)N1CCOCC1. The fourth-order valence-corrected chi connectivity index (χ4v) is 4.36. The Kier molecular flexibility index (Phi) is 7.87. The number of nitrogens with one attached hydrogen (secondary N) is 1. The average Bonchev–Trinajstić information content (AvgIpc) is 2.60. The van der Waals surface area contributed by atoms with Crippen molar-refractivity contribution in [3.05, 3.63) is 35.4 Å².